The second kappa shape index (κ2) is 5.65. The van der Waals surface area contributed by atoms with Crippen molar-refractivity contribution in [3.63, 3.8) is 0 Å². The summed E-state index contributed by atoms with van der Waals surface area (Å²) < 4.78 is 5.11. The van der Waals surface area contributed by atoms with Crippen molar-refractivity contribution < 1.29 is 4.74 Å². The molecular weight excluding hydrogens is 234 g/mol. The van der Waals surface area contributed by atoms with Crippen LogP contribution in [0.25, 0.3) is 0 Å². The Morgan fingerprint density at radius 2 is 1.88 bits per heavy atom. The summed E-state index contributed by atoms with van der Waals surface area (Å²) in [5, 5.41) is 0.847. The van der Waals surface area contributed by atoms with Gasteiger partial charge in [0, 0.05) is 23.8 Å². The van der Waals surface area contributed by atoms with Gasteiger partial charge in [-0.3, -0.25) is 4.98 Å². The van der Waals surface area contributed by atoms with E-state index in [1.54, 1.807) is 31.3 Å². The highest BCUT2D eigenvalue weighted by molar-refractivity contribution is 7.99. The van der Waals surface area contributed by atoms with Gasteiger partial charge in [0.05, 0.1) is 12.8 Å². The van der Waals surface area contributed by atoms with Crippen molar-refractivity contribution in [2.75, 3.05) is 7.11 Å². The molecule has 0 unspecified atom stereocenters. The van der Waals surface area contributed by atoms with Crippen molar-refractivity contribution in [1.29, 1.82) is 0 Å². The molecule has 4 nitrogen and oxygen atoms in total. The highest BCUT2D eigenvalue weighted by Gasteiger charge is 2.05. The van der Waals surface area contributed by atoms with Gasteiger partial charge in [-0.2, -0.15) is 0 Å². The first kappa shape index (κ1) is 11.9. The van der Waals surface area contributed by atoms with Crippen molar-refractivity contribution in [3.05, 3.63) is 42.4 Å². The van der Waals surface area contributed by atoms with Gasteiger partial charge in [-0.25, -0.2) is 4.98 Å². The monoisotopic (exact) mass is 247 g/mol. The number of hydrogen-bond donors (Lipinski definition) is 1. The molecule has 2 N–H and O–H groups in total. The van der Waals surface area contributed by atoms with Crippen LogP contribution in [0.2, 0.25) is 0 Å². The Labute approximate surface area is 104 Å². The highest BCUT2D eigenvalue weighted by Crippen LogP contribution is 2.28. The number of benzene rings is 1. The lowest BCUT2D eigenvalue weighted by Crippen LogP contribution is -2.02. The van der Waals surface area contributed by atoms with Gasteiger partial charge in [0.2, 0.25) is 0 Å². The average molecular weight is 247 g/mol. The van der Waals surface area contributed by atoms with Crippen LogP contribution in [0.15, 0.2) is 46.6 Å². The first-order valence-corrected chi connectivity index (χ1v) is 5.97. The van der Waals surface area contributed by atoms with Gasteiger partial charge < -0.3 is 10.5 Å². The first-order valence-electron chi connectivity index (χ1n) is 5.15. The fraction of sp³-hybridized carbons (Fsp3) is 0.167. The van der Waals surface area contributed by atoms with Crippen molar-refractivity contribution in [3.8, 4) is 5.75 Å². The van der Waals surface area contributed by atoms with Gasteiger partial charge >= 0.3 is 0 Å². The van der Waals surface area contributed by atoms with Crippen LogP contribution in [-0.4, -0.2) is 17.1 Å². The molecule has 17 heavy (non-hydrogen) atoms. The molecule has 1 heterocycles. The van der Waals surface area contributed by atoms with Crippen LogP contribution in [-0.2, 0) is 6.54 Å². The Morgan fingerprint density at radius 1 is 1.18 bits per heavy atom. The lowest BCUT2D eigenvalue weighted by Gasteiger charge is -2.05. The molecular formula is C12H13N3OS. The molecule has 0 aliphatic rings. The quantitative estimate of drug-likeness (QED) is 0.896. The van der Waals surface area contributed by atoms with Gasteiger partial charge in [0.15, 0.2) is 0 Å². The predicted molar refractivity (Wildman–Crippen MR) is 67.0 cm³/mol. The molecule has 1 aromatic carbocycles. The lowest BCUT2D eigenvalue weighted by atomic mass is 10.3. The zero-order chi connectivity index (χ0) is 12.1. The normalized spacial score (nSPS) is 10.2. The van der Waals surface area contributed by atoms with E-state index in [0.717, 1.165) is 21.4 Å². The molecule has 2 rings (SSSR count). The van der Waals surface area contributed by atoms with E-state index < -0.39 is 0 Å². The van der Waals surface area contributed by atoms with Crippen LogP contribution in [0.1, 0.15) is 5.69 Å². The minimum Gasteiger partial charge on any atom is -0.497 e. The minimum absolute atomic E-state index is 0.395. The molecule has 0 fully saturated rings. The maximum atomic E-state index is 5.61. The first-order chi connectivity index (χ1) is 8.33. The maximum Gasteiger partial charge on any atom is 0.124 e. The summed E-state index contributed by atoms with van der Waals surface area (Å²) >= 11 is 1.55. The molecule has 0 bridgehead atoms. The number of ether oxygens (including phenoxy) is 1. The van der Waals surface area contributed by atoms with E-state index in [1.807, 2.05) is 24.3 Å². The Bertz CT molecular complexity index is 487. The third-order valence-electron chi connectivity index (χ3n) is 2.20. The van der Waals surface area contributed by atoms with Gasteiger partial charge in [-0.1, -0.05) is 11.8 Å². The topological polar surface area (TPSA) is 61.0 Å². The van der Waals surface area contributed by atoms with E-state index in [2.05, 4.69) is 9.97 Å². The summed E-state index contributed by atoms with van der Waals surface area (Å²) in [6.07, 6.45) is 3.32. The maximum absolute atomic E-state index is 5.61. The summed E-state index contributed by atoms with van der Waals surface area (Å²) in [7, 11) is 1.65. The second-order valence-corrected chi connectivity index (χ2v) is 4.35. The Kier molecular flexibility index (Phi) is 3.95. The van der Waals surface area contributed by atoms with Crippen molar-refractivity contribution >= 4 is 11.8 Å². The van der Waals surface area contributed by atoms with Crippen LogP contribution in [0.5, 0.6) is 5.75 Å². The molecule has 0 spiro atoms. The van der Waals surface area contributed by atoms with Crippen molar-refractivity contribution in [2.45, 2.75) is 16.5 Å². The van der Waals surface area contributed by atoms with E-state index in [9.17, 15) is 0 Å². The van der Waals surface area contributed by atoms with Gasteiger partial charge in [-0.05, 0) is 24.3 Å². The van der Waals surface area contributed by atoms with Crippen LogP contribution in [0.4, 0.5) is 0 Å². The van der Waals surface area contributed by atoms with Crippen molar-refractivity contribution in [1.82, 2.24) is 9.97 Å². The van der Waals surface area contributed by atoms with E-state index in [1.165, 1.54) is 0 Å². The van der Waals surface area contributed by atoms with E-state index in [4.69, 9.17) is 10.5 Å². The van der Waals surface area contributed by atoms with Crippen LogP contribution in [0, 0.1) is 0 Å². The number of nitrogens with zero attached hydrogens (tertiary/aromatic N) is 2. The van der Waals surface area contributed by atoms with Gasteiger partial charge in [-0.15, -0.1) is 0 Å². The van der Waals surface area contributed by atoms with E-state index in [-0.39, 0.29) is 0 Å². The zero-order valence-corrected chi connectivity index (χ0v) is 10.3. The minimum atomic E-state index is 0.395. The Morgan fingerprint density at radius 3 is 2.53 bits per heavy atom. The van der Waals surface area contributed by atoms with Crippen LogP contribution < -0.4 is 10.5 Å². The smallest absolute Gasteiger partial charge is 0.124 e. The third kappa shape index (κ3) is 2.95. The molecule has 0 saturated heterocycles. The number of nitrogens with two attached hydrogens (primary N) is 1. The van der Waals surface area contributed by atoms with E-state index in [0.29, 0.717) is 6.54 Å². The number of rotatable bonds is 4. The molecule has 0 saturated carbocycles. The summed E-state index contributed by atoms with van der Waals surface area (Å²) in [5.41, 5.74) is 6.43. The average Bonchev–Trinajstić information content (AvgIpc) is 2.40. The molecule has 0 aliphatic carbocycles. The molecule has 88 valence electrons. The fourth-order valence-corrected chi connectivity index (χ4v) is 2.20. The molecule has 5 heteroatoms. The summed E-state index contributed by atoms with van der Waals surface area (Å²) in [6, 6.07) is 7.80. The van der Waals surface area contributed by atoms with Crippen LogP contribution >= 0.6 is 11.8 Å². The number of aromatic nitrogens is 2. The SMILES string of the molecule is COc1ccc(Sc2nccnc2CN)cc1. The highest BCUT2D eigenvalue weighted by atomic mass is 32.2. The molecule has 0 amide bonds. The zero-order valence-electron chi connectivity index (χ0n) is 9.46. The molecule has 1 aromatic heterocycles. The summed E-state index contributed by atoms with van der Waals surface area (Å²) in [6.45, 7) is 0.395. The predicted octanol–water partition coefficient (Wildman–Crippen LogP) is 2.10. The van der Waals surface area contributed by atoms with Gasteiger partial charge in [0.25, 0.3) is 0 Å². The molecule has 0 atom stereocenters. The van der Waals surface area contributed by atoms with Gasteiger partial charge in [0.1, 0.15) is 10.8 Å². The standard InChI is InChI=1S/C12H13N3OS/c1-16-9-2-4-10(5-3-9)17-12-11(8-13)14-6-7-15-12/h2-7H,8,13H2,1H3. The Hall–Kier alpha value is -1.59. The second-order valence-electron chi connectivity index (χ2n) is 3.29. The van der Waals surface area contributed by atoms with Crippen LogP contribution in [0.3, 0.4) is 0 Å². The largest absolute Gasteiger partial charge is 0.497 e. The molecule has 0 radical (unpaired) electrons. The third-order valence-corrected chi connectivity index (χ3v) is 3.25. The summed E-state index contributed by atoms with van der Waals surface area (Å²) in [4.78, 5) is 9.55. The molecule has 0 aliphatic heterocycles. The number of hydrogen-bond acceptors (Lipinski definition) is 5. The summed E-state index contributed by atoms with van der Waals surface area (Å²) in [5.74, 6) is 0.840. The Balaban J connectivity index is 2.19. The molecule has 2 aromatic rings. The number of methoxy groups -OCH3 is 1. The van der Waals surface area contributed by atoms with E-state index >= 15 is 0 Å². The lowest BCUT2D eigenvalue weighted by molar-refractivity contribution is 0.414. The fourth-order valence-electron chi connectivity index (χ4n) is 1.33. The van der Waals surface area contributed by atoms with Crippen molar-refractivity contribution in [2.24, 2.45) is 5.73 Å².